The van der Waals surface area contributed by atoms with Crippen molar-refractivity contribution >= 4 is 23.5 Å². The third kappa shape index (κ3) is 9.47. The summed E-state index contributed by atoms with van der Waals surface area (Å²) >= 11 is 3.66. The minimum atomic E-state index is -0.164. The molecule has 0 aromatic heterocycles. The number of hydrogen-bond donors (Lipinski definition) is 2. The Morgan fingerprint density at radius 3 is 0.811 bits per heavy atom. The summed E-state index contributed by atoms with van der Waals surface area (Å²) in [6, 6.07) is 8.65. The molecule has 37 heavy (non-hydrogen) atoms. The molecule has 0 spiro atoms. The Bertz CT molecular complexity index is 920. The molecule has 0 bridgehead atoms. The molecule has 2 aromatic carbocycles. The van der Waals surface area contributed by atoms with Crippen LogP contribution in [0.15, 0.2) is 34.1 Å². The van der Waals surface area contributed by atoms with Gasteiger partial charge in [-0.15, -0.1) is 23.5 Å². The predicted octanol–water partition coefficient (Wildman–Crippen LogP) is 10.4. The second-order valence-corrected chi connectivity index (χ2v) is 18.0. The zero-order chi connectivity index (χ0) is 27.4. The first-order valence-corrected chi connectivity index (χ1v) is 14.2. The van der Waals surface area contributed by atoms with Gasteiger partial charge in [0.15, 0.2) is 0 Å². The van der Waals surface area contributed by atoms with Crippen molar-refractivity contribution in [2.45, 2.75) is 132 Å². The summed E-state index contributed by atoms with van der Waals surface area (Å²) in [5.41, 5.74) is 3.34. The summed E-state index contributed by atoms with van der Waals surface area (Å²) in [7, 11) is 0. The number of benzene rings is 2. The van der Waals surface area contributed by atoms with Crippen LogP contribution in [0.5, 0.6) is 11.5 Å². The van der Waals surface area contributed by atoms with Gasteiger partial charge in [0.05, 0.1) is 4.08 Å². The van der Waals surface area contributed by atoms with Gasteiger partial charge >= 0.3 is 0 Å². The Kier molecular flexibility index (Phi) is 12.1. The maximum absolute atomic E-state index is 11.1. The predicted molar refractivity (Wildman–Crippen MR) is 163 cm³/mol. The van der Waals surface area contributed by atoms with E-state index in [0.717, 1.165) is 22.3 Å². The van der Waals surface area contributed by atoms with Crippen molar-refractivity contribution in [1.29, 1.82) is 0 Å². The van der Waals surface area contributed by atoms with E-state index in [2.05, 4.69) is 121 Å². The second-order valence-electron chi connectivity index (χ2n) is 14.3. The van der Waals surface area contributed by atoms with Crippen LogP contribution in [0.1, 0.15) is 119 Å². The fourth-order valence-corrected chi connectivity index (χ4v) is 6.80. The Balaban J connectivity index is 0.00000648. The van der Waals surface area contributed by atoms with Gasteiger partial charge in [0.1, 0.15) is 11.5 Å². The zero-order valence-electron chi connectivity index (χ0n) is 26.1. The van der Waals surface area contributed by atoms with E-state index in [-0.39, 0.29) is 65.9 Å². The number of thioether (sulfide) groups is 2. The maximum atomic E-state index is 11.1. The molecule has 0 aliphatic heterocycles. The molecular formula is C32H51O2S2Y-. The molecule has 0 aliphatic rings. The molecule has 1 radical (unpaired) electrons. The SMILES string of the molecule is CC(C)(Sc1cc(C(C)(C)C)c(O)c(C(C)(C)C)c1)Sc1cc(C(C)(C)C)c(O)c(C(C)(C)C)c1.[CH3-].[Y]. The maximum Gasteiger partial charge on any atom is 0.123 e. The van der Waals surface area contributed by atoms with Crippen LogP contribution in [0.3, 0.4) is 0 Å². The van der Waals surface area contributed by atoms with Crippen LogP contribution in [0.25, 0.3) is 0 Å². The van der Waals surface area contributed by atoms with Gasteiger partial charge in [-0.1, -0.05) is 83.1 Å². The second kappa shape index (κ2) is 12.2. The van der Waals surface area contributed by atoms with Crippen LogP contribution < -0.4 is 0 Å². The summed E-state index contributed by atoms with van der Waals surface area (Å²) in [4.78, 5) is 2.34. The van der Waals surface area contributed by atoms with E-state index < -0.39 is 0 Å². The van der Waals surface area contributed by atoms with Crippen molar-refractivity contribution < 1.29 is 42.9 Å². The van der Waals surface area contributed by atoms with Gasteiger partial charge in [-0.05, 0) is 59.8 Å². The smallest absolute Gasteiger partial charge is 0.123 e. The van der Waals surface area contributed by atoms with Crippen molar-refractivity contribution in [3.8, 4) is 11.5 Å². The van der Waals surface area contributed by atoms with Crippen LogP contribution in [-0.4, -0.2) is 14.3 Å². The molecule has 0 atom stereocenters. The number of phenols is 2. The molecule has 2 aromatic rings. The van der Waals surface area contributed by atoms with Gasteiger partial charge in [-0.25, -0.2) is 0 Å². The van der Waals surface area contributed by atoms with E-state index >= 15 is 0 Å². The molecule has 0 saturated heterocycles. The van der Waals surface area contributed by atoms with E-state index in [4.69, 9.17) is 0 Å². The molecule has 0 unspecified atom stereocenters. The minimum absolute atomic E-state index is 0. The molecule has 0 amide bonds. The van der Waals surface area contributed by atoms with E-state index in [1.165, 1.54) is 9.79 Å². The third-order valence-electron chi connectivity index (χ3n) is 6.13. The van der Waals surface area contributed by atoms with E-state index in [9.17, 15) is 10.2 Å². The zero-order valence-corrected chi connectivity index (χ0v) is 30.6. The van der Waals surface area contributed by atoms with Crippen LogP contribution in [0.4, 0.5) is 0 Å². The largest absolute Gasteiger partial charge is 0.507 e. The summed E-state index contributed by atoms with van der Waals surface area (Å²) in [6.45, 7) is 30.4. The Morgan fingerprint density at radius 1 is 0.459 bits per heavy atom. The van der Waals surface area contributed by atoms with E-state index in [0.29, 0.717) is 11.5 Å². The van der Waals surface area contributed by atoms with Gasteiger partial charge in [0.2, 0.25) is 0 Å². The topological polar surface area (TPSA) is 40.5 Å². The van der Waals surface area contributed by atoms with Crippen LogP contribution in [-0.2, 0) is 54.4 Å². The number of aromatic hydroxyl groups is 2. The fourth-order valence-electron chi connectivity index (χ4n) is 4.21. The summed E-state index contributed by atoms with van der Waals surface area (Å²) in [5, 5.41) is 22.2. The fraction of sp³-hybridized carbons (Fsp3) is 0.594. The first-order valence-electron chi connectivity index (χ1n) is 12.6. The van der Waals surface area contributed by atoms with Crippen molar-refractivity contribution in [3.05, 3.63) is 53.9 Å². The van der Waals surface area contributed by atoms with Crippen molar-refractivity contribution in [2.75, 3.05) is 0 Å². The minimum Gasteiger partial charge on any atom is -0.507 e. The number of phenolic OH excluding ortho intramolecular Hbond substituents is 2. The quantitative estimate of drug-likeness (QED) is 0.203. The molecule has 207 valence electrons. The molecule has 0 aliphatic carbocycles. The summed E-state index contributed by atoms with van der Waals surface area (Å²) in [6.07, 6.45) is 0. The van der Waals surface area contributed by atoms with Crippen LogP contribution >= 0.6 is 23.5 Å². The normalized spacial score (nSPS) is 13.1. The average Bonchev–Trinajstić information content (AvgIpc) is 2.60. The monoisotopic (exact) mass is 620 g/mol. The van der Waals surface area contributed by atoms with Gasteiger partial charge in [-0.2, -0.15) is 0 Å². The first kappa shape index (κ1) is 36.8. The number of rotatable bonds is 4. The Hall–Kier alpha value is -0.156. The molecule has 5 heteroatoms. The standard InChI is InChI=1S/C31H48O2S2.CH3.Y/c1-27(2,3)21-15-19(16-22(25(21)32)28(4,5)6)34-31(13,14)35-20-17-23(29(7,8)9)26(33)24(18-20)30(10,11)12;;/h15-18,32-33H,1-14H3;1H3;/q;-1;. The Labute approximate surface area is 262 Å². The third-order valence-corrected chi connectivity index (χ3v) is 8.55. The van der Waals surface area contributed by atoms with Crippen molar-refractivity contribution in [1.82, 2.24) is 0 Å². The first-order chi connectivity index (χ1) is 15.4. The van der Waals surface area contributed by atoms with Crippen molar-refractivity contribution in [3.63, 3.8) is 0 Å². The van der Waals surface area contributed by atoms with E-state index in [1.54, 1.807) is 0 Å². The van der Waals surface area contributed by atoms with Gasteiger partial charge < -0.3 is 17.6 Å². The van der Waals surface area contributed by atoms with Crippen molar-refractivity contribution in [2.24, 2.45) is 0 Å². The van der Waals surface area contributed by atoms with Gasteiger partial charge in [-0.3, -0.25) is 0 Å². The molecule has 2 N–H and O–H groups in total. The van der Waals surface area contributed by atoms with Crippen LogP contribution in [0, 0.1) is 7.43 Å². The van der Waals surface area contributed by atoms with Gasteiger partial charge in [0, 0.05) is 64.8 Å². The molecule has 0 heterocycles. The molecule has 2 rings (SSSR count). The average molecular weight is 621 g/mol. The Morgan fingerprint density at radius 2 is 0.649 bits per heavy atom. The van der Waals surface area contributed by atoms with Crippen LogP contribution in [0.2, 0.25) is 0 Å². The summed E-state index contributed by atoms with van der Waals surface area (Å²) < 4.78 is -0.164. The molecule has 2 nitrogen and oxygen atoms in total. The summed E-state index contributed by atoms with van der Waals surface area (Å²) in [5.74, 6) is 0.839. The molecule has 0 fully saturated rings. The van der Waals surface area contributed by atoms with E-state index in [1.807, 2.05) is 23.5 Å². The van der Waals surface area contributed by atoms with Gasteiger partial charge in [0.25, 0.3) is 0 Å². The molecule has 0 saturated carbocycles. The number of hydrogen-bond acceptors (Lipinski definition) is 4. The molecular weight excluding hydrogens is 569 g/mol.